The smallest absolute Gasteiger partial charge is 0.335 e. The minimum absolute atomic E-state index is 0.0166. The van der Waals surface area contributed by atoms with Crippen LogP contribution in [-0.2, 0) is 22.6 Å². The Hall–Kier alpha value is -5.65. The lowest BCUT2D eigenvalue weighted by Gasteiger charge is -2.26. The minimum atomic E-state index is -0.895. The van der Waals surface area contributed by atoms with Gasteiger partial charge in [-0.25, -0.2) is 9.69 Å². The first-order valence-electron chi connectivity index (χ1n) is 12.9. The Morgan fingerprint density at radius 1 is 1.07 bits per heavy atom. The van der Waals surface area contributed by atoms with E-state index in [1.54, 1.807) is 43.3 Å². The largest absolute Gasteiger partial charge is 0.490 e. The molecule has 0 unspecified atom stereocenters. The quantitative estimate of drug-likeness (QED) is 0.120. The van der Waals surface area contributed by atoms with Crippen molar-refractivity contribution in [1.82, 2.24) is 5.32 Å². The fourth-order valence-corrected chi connectivity index (χ4v) is 4.50. The van der Waals surface area contributed by atoms with Crippen molar-refractivity contribution < 1.29 is 38.3 Å². The van der Waals surface area contributed by atoms with Crippen molar-refractivity contribution in [3.63, 3.8) is 0 Å². The monoisotopic (exact) mass is 571 g/mol. The molecule has 42 heavy (non-hydrogen) atoms. The van der Waals surface area contributed by atoms with Gasteiger partial charge in [-0.15, -0.1) is 6.58 Å². The van der Waals surface area contributed by atoms with Gasteiger partial charge in [0.1, 0.15) is 12.2 Å². The second-order valence-electron chi connectivity index (χ2n) is 9.14. The zero-order valence-electron chi connectivity index (χ0n) is 22.5. The molecule has 4 amide bonds. The predicted octanol–water partition coefficient (Wildman–Crippen LogP) is 4.70. The average molecular weight is 572 g/mol. The topological polar surface area (TPSA) is 147 Å². The average Bonchev–Trinajstić information content (AvgIpc) is 3.43. The molecule has 0 aliphatic carbocycles. The Balaban J connectivity index is 1.48. The van der Waals surface area contributed by atoms with Crippen LogP contribution >= 0.6 is 0 Å². The molecule has 214 valence electrons. The number of nitrogens with zero attached hydrogens (tertiary/aromatic N) is 2. The predicted molar refractivity (Wildman–Crippen MR) is 151 cm³/mol. The van der Waals surface area contributed by atoms with Gasteiger partial charge < -0.3 is 18.9 Å². The summed E-state index contributed by atoms with van der Waals surface area (Å²) < 4.78 is 22.6. The van der Waals surface area contributed by atoms with Gasteiger partial charge in [-0.2, -0.15) is 0 Å². The van der Waals surface area contributed by atoms with E-state index in [-0.39, 0.29) is 37.0 Å². The van der Waals surface area contributed by atoms with Gasteiger partial charge in [0, 0.05) is 23.8 Å². The number of nitro benzene ring substituents is 1. The number of barbiturate groups is 1. The molecule has 0 spiro atoms. The van der Waals surface area contributed by atoms with Gasteiger partial charge in [0.05, 0.1) is 17.2 Å². The molecular weight excluding hydrogens is 546 g/mol. The second-order valence-corrected chi connectivity index (χ2v) is 9.14. The molecule has 5 rings (SSSR count). The number of imide groups is 2. The third-order valence-electron chi connectivity index (χ3n) is 6.35. The standard InChI is InChI=1S/C30H25N3O9/c1-3-6-20-11-19(14-26(39-4-2)27(20)40-16-18-7-5-8-22(12-18)33(37)38)13-23-28(34)31-30(36)32(29(23)35)21-9-10-24-25(15-21)42-17-41-24/h3,5,7-15H,1,4,6,16-17H2,2H3,(H,31,34,36)/b23-13+. The number of carbonyl (C=O) groups is 3. The summed E-state index contributed by atoms with van der Waals surface area (Å²) in [6.45, 7) is 5.92. The molecule has 0 radical (unpaired) electrons. The molecule has 12 heteroatoms. The lowest BCUT2D eigenvalue weighted by Crippen LogP contribution is -2.54. The molecule has 3 aromatic rings. The van der Waals surface area contributed by atoms with E-state index in [2.05, 4.69) is 11.9 Å². The van der Waals surface area contributed by atoms with Crippen molar-refractivity contribution in [1.29, 1.82) is 0 Å². The number of urea groups is 1. The maximum Gasteiger partial charge on any atom is 0.335 e. The number of non-ortho nitro benzene ring substituents is 1. The highest BCUT2D eigenvalue weighted by Gasteiger charge is 2.37. The van der Waals surface area contributed by atoms with Gasteiger partial charge in [-0.3, -0.25) is 25.0 Å². The fourth-order valence-electron chi connectivity index (χ4n) is 4.50. The highest BCUT2D eigenvalue weighted by atomic mass is 16.7. The molecule has 2 aliphatic rings. The number of benzene rings is 3. The van der Waals surface area contributed by atoms with Gasteiger partial charge in [-0.1, -0.05) is 18.2 Å². The number of fused-ring (bicyclic) bond motifs is 1. The van der Waals surface area contributed by atoms with Crippen molar-refractivity contribution in [2.24, 2.45) is 0 Å². The van der Waals surface area contributed by atoms with E-state index in [0.717, 1.165) is 4.90 Å². The number of anilines is 1. The summed E-state index contributed by atoms with van der Waals surface area (Å²) >= 11 is 0. The Bertz CT molecular complexity index is 1650. The van der Waals surface area contributed by atoms with Gasteiger partial charge in [-0.05, 0) is 54.8 Å². The number of hydrogen-bond donors (Lipinski definition) is 1. The van der Waals surface area contributed by atoms with Crippen LogP contribution in [0.2, 0.25) is 0 Å². The Morgan fingerprint density at radius 3 is 2.64 bits per heavy atom. The molecule has 2 heterocycles. The summed E-state index contributed by atoms with van der Waals surface area (Å²) in [6.07, 6.45) is 3.37. The first-order valence-corrected chi connectivity index (χ1v) is 12.9. The number of allylic oxidation sites excluding steroid dienone is 1. The molecule has 12 nitrogen and oxygen atoms in total. The van der Waals surface area contributed by atoms with E-state index in [9.17, 15) is 24.5 Å². The van der Waals surface area contributed by atoms with Crippen molar-refractivity contribution in [2.75, 3.05) is 18.3 Å². The van der Waals surface area contributed by atoms with Crippen LogP contribution in [0.15, 0.2) is 72.8 Å². The third-order valence-corrected chi connectivity index (χ3v) is 6.35. The van der Waals surface area contributed by atoms with Gasteiger partial charge in [0.25, 0.3) is 17.5 Å². The third kappa shape index (κ3) is 5.63. The minimum Gasteiger partial charge on any atom is -0.490 e. The van der Waals surface area contributed by atoms with Crippen LogP contribution in [0.4, 0.5) is 16.2 Å². The second kappa shape index (κ2) is 11.8. The molecule has 2 aliphatic heterocycles. The molecule has 1 saturated heterocycles. The van der Waals surface area contributed by atoms with Gasteiger partial charge >= 0.3 is 6.03 Å². The normalized spacial score (nSPS) is 15.0. The van der Waals surface area contributed by atoms with Crippen LogP contribution in [0.1, 0.15) is 23.6 Å². The Labute approximate surface area is 239 Å². The number of rotatable bonds is 10. The Morgan fingerprint density at radius 2 is 1.88 bits per heavy atom. The summed E-state index contributed by atoms with van der Waals surface area (Å²) in [4.78, 5) is 50.5. The summed E-state index contributed by atoms with van der Waals surface area (Å²) in [5.74, 6) is -0.107. The van der Waals surface area contributed by atoms with E-state index in [0.29, 0.717) is 46.1 Å². The SMILES string of the molecule is C=CCc1cc(/C=C2\C(=O)NC(=O)N(c3ccc4c(c3)OCO4)C2=O)cc(OCC)c1OCc1cccc([N+](=O)[O-])c1. The molecule has 3 aromatic carbocycles. The molecule has 1 fully saturated rings. The zero-order valence-corrected chi connectivity index (χ0v) is 22.5. The van der Waals surface area contributed by atoms with Crippen LogP contribution in [-0.4, -0.2) is 36.2 Å². The Kier molecular flexibility index (Phi) is 7.87. The summed E-state index contributed by atoms with van der Waals surface area (Å²) in [5.41, 5.74) is 1.53. The van der Waals surface area contributed by atoms with Crippen LogP contribution in [0.5, 0.6) is 23.0 Å². The lowest BCUT2D eigenvalue weighted by atomic mass is 10.0. The molecular formula is C30H25N3O9. The first kappa shape index (κ1) is 27.9. The van der Waals surface area contributed by atoms with E-state index in [4.69, 9.17) is 18.9 Å². The van der Waals surface area contributed by atoms with E-state index < -0.39 is 22.8 Å². The summed E-state index contributed by atoms with van der Waals surface area (Å²) in [6, 6.07) is 13.1. The van der Waals surface area contributed by atoms with Crippen LogP contribution in [0, 0.1) is 10.1 Å². The number of amides is 4. The van der Waals surface area contributed by atoms with Gasteiger partial charge in [0.2, 0.25) is 6.79 Å². The number of nitrogens with one attached hydrogen (secondary N) is 1. The number of carbonyl (C=O) groups excluding carboxylic acids is 3. The maximum absolute atomic E-state index is 13.5. The zero-order chi connectivity index (χ0) is 29.8. The van der Waals surface area contributed by atoms with E-state index in [1.165, 1.54) is 30.3 Å². The number of ether oxygens (including phenoxy) is 4. The molecule has 0 aromatic heterocycles. The van der Waals surface area contributed by atoms with Crippen molar-refractivity contribution in [3.8, 4) is 23.0 Å². The fraction of sp³-hybridized carbons (Fsp3) is 0.167. The maximum atomic E-state index is 13.5. The number of hydrogen-bond acceptors (Lipinski definition) is 9. The van der Waals surface area contributed by atoms with Gasteiger partial charge in [0.15, 0.2) is 23.0 Å². The van der Waals surface area contributed by atoms with Crippen molar-refractivity contribution in [2.45, 2.75) is 20.0 Å². The highest BCUT2D eigenvalue weighted by molar-refractivity contribution is 6.39. The van der Waals surface area contributed by atoms with Crippen LogP contribution in [0.25, 0.3) is 6.08 Å². The first-order chi connectivity index (χ1) is 20.3. The summed E-state index contributed by atoms with van der Waals surface area (Å²) in [5, 5.41) is 13.4. The summed E-state index contributed by atoms with van der Waals surface area (Å²) in [7, 11) is 0. The molecule has 0 bridgehead atoms. The molecule has 0 atom stereocenters. The van der Waals surface area contributed by atoms with Crippen molar-refractivity contribution >= 4 is 35.3 Å². The molecule has 0 saturated carbocycles. The lowest BCUT2D eigenvalue weighted by molar-refractivity contribution is -0.384. The van der Waals surface area contributed by atoms with E-state index in [1.807, 2.05) is 0 Å². The highest BCUT2D eigenvalue weighted by Crippen LogP contribution is 2.38. The van der Waals surface area contributed by atoms with Crippen LogP contribution in [0.3, 0.4) is 0 Å². The molecule has 1 N–H and O–H groups in total. The van der Waals surface area contributed by atoms with Crippen LogP contribution < -0.4 is 29.2 Å². The van der Waals surface area contributed by atoms with E-state index >= 15 is 0 Å². The van der Waals surface area contributed by atoms with Crippen molar-refractivity contribution in [3.05, 3.63) is 99.6 Å². The number of nitro groups is 1.